The summed E-state index contributed by atoms with van der Waals surface area (Å²) in [6.45, 7) is 4.40. The van der Waals surface area contributed by atoms with Crippen molar-refractivity contribution < 1.29 is 4.74 Å². The first-order chi connectivity index (χ1) is 9.04. The van der Waals surface area contributed by atoms with Crippen LogP contribution in [0.2, 0.25) is 10.0 Å². The number of hydrogen-bond acceptors (Lipinski definition) is 1. The molecule has 0 unspecified atom stereocenters. The van der Waals surface area contributed by atoms with Gasteiger partial charge in [-0.25, -0.2) is 0 Å². The van der Waals surface area contributed by atoms with Gasteiger partial charge in [0.05, 0.1) is 10.0 Å². The van der Waals surface area contributed by atoms with Crippen molar-refractivity contribution in [1.29, 1.82) is 0 Å². The lowest BCUT2D eigenvalue weighted by molar-refractivity contribution is 0.481. The molecule has 2 aromatic rings. The SMILES string of the molecule is CC(C)Cc1cccc(Oc2ccc(Cl)c(Cl)c2)c1. The molecule has 1 nitrogen and oxygen atoms in total. The van der Waals surface area contributed by atoms with Gasteiger partial charge in [-0.2, -0.15) is 0 Å². The Morgan fingerprint density at radius 1 is 0.947 bits per heavy atom. The number of halogens is 2. The summed E-state index contributed by atoms with van der Waals surface area (Å²) in [7, 11) is 0. The highest BCUT2D eigenvalue weighted by Gasteiger charge is 2.03. The number of rotatable bonds is 4. The molecule has 0 saturated carbocycles. The summed E-state index contributed by atoms with van der Waals surface area (Å²) in [5.74, 6) is 2.13. The quantitative estimate of drug-likeness (QED) is 0.673. The molecule has 0 bridgehead atoms. The maximum absolute atomic E-state index is 5.97. The molecular weight excluding hydrogens is 279 g/mol. The first-order valence-corrected chi connectivity index (χ1v) is 7.02. The molecule has 2 rings (SSSR count). The van der Waals surface area contributed by atoms with Gasteiger partial charge in [-0.15, -0.1) is 0 Å². The highest BCUT2D eigenvalue weighted by atomic mass is 35.5. The molecule has 0 heterocycles. The minimum Gasteiger partial charge on any atom is -0.457 e. The van der Waals surface area contributed by atoms with Crippen molar-refractivity contribution in [1.82, 2.24) is 0 Å². The first kappa shape index (κ1) is 14.2. The van der Waals surface area contributed by atoms with E-state index in [1.54, 1.807) is 12.1 Å². The lowest BCUT2D eigenvalue weighted by atomic mass is 10.0. The maximum atomic E-state index is 5.97. The summed E-state index contributed by atoms with van der Waals surface area (Å²) in [5, 5.41) is 1.03. The standard InChI is InChI=1S/C16H16Cl2O/c1-11(2)8-12-4-3-5-13(9-12)19-14-6-7-15(17)16(18)10-14/h3-7,9-11H,8H2,1-2H3. The van der Waals surface area contributed by atoms with E-state index in [2.05, 4.69) is 26.0 Å². The van der Waals surface area contributed by atoms with Gasteiger partial charge in [-0.3, -0.25) is 0 Å². The van der Waals surface area contributed by atoms with E-state index in [0.29, 0.717) is 21.7 Å². The van der Waals surface area contributed by atoms with Crippen molar-refractivity contribution >= 4 is 23.2 Å². The molecule has 0 amide bonds. The zero-order valence-corrected chi connectivity index (χ0v) is 12.5. The van der Waals surface area contributed by atoms with E-state index in [4.69, 9.17) is 27.9 Å². The van der Waals surface area contributed by atoms with Gasteiger partial charge in [0, 0.05) is 6.07 Å². The molecule has 0 N–H and O–H groups in total. The molecule has 2 aromatic carbocycles. The molecule has 0 aromatic heterocycles. The van der Waals surface area contributed by atoms with Gasteiger partial charge < -0.3 is 4.74 Å². The average molecular weight is 295 g/mol. The van der Waals surface area contributed by atoms with Crippen LogP contribution >= 0.6 is 23.2 Å². The van der Waals surface area contributed by atoms with Crippen molar-refractivity contribution in [2.24, 2.45) is 5.92 Å². The summed E-state index contributed by atoms with van der Waals surface area (Å²) in [6.07, 6.45) is 1.04. The van der Waals surface area contributed by atoms with Crippen LogP contribution in [0.1, 0.15) is 19.4 Å². The largest absolute Gasteiger partial charge is 0.457 e. The number of benzene rings is 2. The van der Waals surface area contributed by atoms with Crippen molar-refractivity contribution in [2.75, 3.05) is 0 Å². The molecule has 0 fully saturated rings. The molecule has 0 spiro atoms. The van der Waals surface area contributed by atoms with Gasteiger partial charge in [0.1, 0.15) is 11.5 Å². The van der Waals surface area contributed by atoms with Crippen molar-refractivity contribution in [3.05, 3.63) is 58.1 Å². The molecule has 0 saturated heterocycles. The van der Waals surface area contributed by atoms with Crippen LogP contribution in [-0.4, -0.2) is 0 Å². The summed E-state index contributed by atoms with van der Waals surface area (Å²) in [4.78, 5) is 0. The molecule has 0 aliphatic carbocycles. The Hall–Kier alpha value is -1.18. The maximum Gasteiger partial charge on any atom is 0.129 e. The van der Waals surface area contributed by atoms with E-state index in [0.717, 1.165) is 12.2 Å². The van der Waals surface area contributed by atoms with E-state index in [1.807, 2.05) is 18.2 Å². The fourth-order valence-corrected chi connectivity index (χ4v) is 2.17. The van der Waals surface area contributed by atoms with Crippen LogP contribution in [0.3, 0.4) is 0 Å². The molecule has 0 aliphatic rings. The third-order valence-electron chi connectivity index (χ3n) is 2.67. The molecule has 0 radical (unpaired) electrons. The summed E-state index contributed by atoms with van der Waals surface area (Å²) < 4.78 is 5.79. The summed E-state index contributed by atoms with van der Waals surface area (Å²) >= 11 is 11.8. The molecule has 3 heteroatoms. The Kier molecular flexibility index (Phi) is 4.73. The van der Waals surface area contributed by atoms with E-state index in [1.165, 1.54) is 5.56 Å². The van der Waals surface area contributed by atoms with E-state index >= 15 is 0 Å². The minimum atomic E-state index is 0.498. The van der Waals surface area contributed by atoms with Crippen LogP contribution in [-0.2, 0) is 6.42 Å². The second-order valence-corrected chi connectivity index (χ2v) is 5.74. The third kappa shape index (κ3) is 4.15. The highest BCUT2D eigenvalue weighted by molar-refractivity contribution is 6.42. The molecule has 0 aliphatic heterocycles. The van der Waals surface area contributed by atoms with Crippen LogP contribution in [0.4, 0.5) is 0 Å². The fraction of sp³-hybridized carbons (Fsp3) is 0.250. The van der Waals surface area contributed by atoms with Crippen molar-refractivity contribution in [3.63, 3.8) is 0 Å². The first-order valence-electron chi connectivity index (χ1n) is 6.26. The lowest BCUT2D eigenvalue weighted by Gasteiger charge is -2.09. The van der Waals surface area contributed by atoms with Crippen LogP contribution in [0.5, 0.6) is 11.5 Å². The van der Waals surface area contributed by atoms with E-state index in [9.17, 15) is 0 Å². The number of ether oxygens (including phenoxy) is 1. The van der Waals surface area contributed by atoms with Crippen molar-refractivity contribution in [2.45, 2.75) is 20.3 Å². The van der Waals surface area contributed by atoms with E-state index < -0.39 is 0 Å². The van der Waals surface area contributed by atoms with Crippen LogP contribution in [0.25, 0.3) is 0 Å². The smallest absolute Gasteiger partial charge is 0.129 e. The Labute approximate surface area is 124 Å². The Balaban J connectivity index is 2.16. The van der Waals surface area contributed by atoms with Gasteiger partial charge in [-0.05, 0) is 42.2 Å². The predicted octanol–water partition coefficient (Wildman–Crippen LogP) is 5.98. The summed E-state index contributed by atoms with van der Waals surface area (Å²) in [5.41, 5.74) is 1.27. The predicted molar refractivity (Wildman–Crippen MR) is 81.5 cm³/mol. The fourth-order valence-electron chi connectivity index (χ4n) is 1.88. The highest BCUT2D eigenvalue weighted by Crippen LogP contribution is 2.29. The molecule has 100 valence electrons. The molecular formula is C16H16Cl2O. The Morgan fingerprint density at radius 3 is 2.37 bits per heavy atom. The van der Waals surface area contributed by atoms with Gasteiger partial charge in [-0.1, -0.05) is 49.2 Å². The average Bonchev–Trinajstić information content (AvgIpc) is 2.33. The zero-order chi connectivity index (χ0) is 13.8. The van der Waals surface area contributed by atoms with Crippen molar-refractivity contribution in [3.8, 4) is 11.5 Å². The van der Waals surface area contributed by atoms with Gasteiger partial charge in [0.15, 0.2) is 0 Å². The minimum absolute atomic E-state index is 0.498. The Morgan fingerprint density at radius 2 is 1.68 bits per heavy atom. The lowest BCUT2D eigenvalue weighted by Crippen LogP contribution is -1.94. The molecule has 0 atom stereocenters. The normalized spacial score (nSPS) is 10.8. The second-order valence-electron chi connectivity index (χ2n) is 4.92. The van der Waals surface area contributed by atoms with E-state index in [-0.39, 0.29) is 0 Å². The monoisotopic (exact) mass is 294 g/mol. The second kappa shape index (κ2) is 6.31. The van der Waals surface area contributed by atoms with Gasteiger partial charge >= 0.3 is 0 Å². The third-order valence-corrected chi connectivity index (χ3v) is 3.41. The van der Waals surface area contributed by atoms with Gasteiger partial charge in [0.2, 0.25) is 0 Å². The number of hydrogen-bond donors (Lipinski definition) is 0. The Bertz CT molecular complexity index is 564. The van der Waals surface area contributed by atoms with Gasteiger partial charge in [0.25, 0.3) is 0 Å². The van der Waals surface area contributed by atoms with Crippen LogP contribution in [0.15, 0.2) is 42.5 Å². The molecule has 19 heavy (non-hydrogen) atoms. The van der Waals surface area contributed by atoms with Crippen LogP contribution < -0.4 is 4.74 Å². The zero-order valence-electron chi connectivity index (χ0n) is 11.0. The topological polar surface area (TPSA) is 9.23 Å². The summed E-state index contributed by atoms with van der Waals surface area (Å²) in [6, 6.07) is 13.4. The van der Waals surface area contributed by atoms with Crippen LogP contribution in [0, 0.1) is 5.92 Å².